The van der Waals surface area contributed by atoms with E-state index in [0.29, 0.717) is 24.5 Å². The smallest absolute Gasteiger partial charge is 0.217 e. The highest BCUT2D eigenvalue weighted by atomic mass is 35.5. The van der Waals surface area contributed by atoms with Crippen LogP contribution in [-0.2, 0) is 4.79 Å². The number of nitrogens with zero attached hydrogens (tertiary/aromatic N) is 2. The molecule has 0 aromatic carbocycles. The van der Waals surface area contributed by atoms with Crippen LogP contribution in [0.3, 0.4) is 0 Å². The first kappa shape index (κ1) is 13.7. The van der Waals surface area contributed by atoms with Gasteiger partial charge in [-0.3, -0.25) is 4.79 Å². The summed E-state index contributed by atoms with van der Waals surface area (Å²) in [6, 6.07) is 0. The van der Waals surface area contributed by atoms with Gasteiger partial charge in [0.15, 0.2) is 0 Å². The second-order valence-electron chi connectivity index (χ2n) is 4.08. The molecule has 0 unspecified atom stereocenters. The molecule has 0 fully saturated rings. The minimum Gasteiger partial charge on any atom is -0.370 e. The molecule has 1 rings (SSSR count). The zero-order valence-electron chi connectivity index (χ0n) is 10.0. The summed E-state index contributed by atoms with van der Waals surface area (Å²) < 4.78 is 0. The molecule has 0 saturated heterocycles. The second kappa shape index (κ2) is 6.39. The molecule has 5 nitrogen and oxygen atoms in total. The van der Waals surface area contributed by atoms with Gasteiger partial charge in [-0.2, -0.15) is 0 Å². The zero-order chi connectivity index (χ0) is 12.8. The zero-order valence-corrected chi connectivity index (χ0v) is 10.8. The van der Waals surface area contributed by atoms with Gasteiger partial charge in [0.05, 0.1) is 0 Å². The standard InChI is InChI=1S/C11H17ClN4O/c1-7(2)9-10(12)15-6-16-11(9)14-5-3-4-8(13)17/h6-7H,3-5H2,1-2H3,(H2,13,17)(H,14,15,16). The summed E-state index contributed by atoms with van der Waals surface area (Å²) in [6.07, 6.45) is 2.46. The highest BCUT2D eigenvalue weighted by molar-refractivity contribution is 6.30. The van der Waals surface area contributed by atoms with Gasteiger partial charge in [0.2, 0.25) is 5.91 Å². The van der Waals surface area contributed by atoms with Crippen LogP contribution < -0.4 is 11.1 Å². The number of halogens is 1. The lowest BCUT2D eigenvalue weighted by Gasteiger charge is -2.13. The maximum absolute atomic E-state index is 10.6. The number of aromatic nitrogens is 2. The monoisotopic (exact) mass is 256 g/mol. The summed E-state index contributed by atoms with van der Waals surface area (Å²) in [4.78, 5) is 18.7. The van der Waals surface area contributed by atoms with Gasteiger partial charge in [-0.1, -0.05) is 25.4 Å². The minimum atomic E-state index is -0.295. The van der Waals surface area contributed by atoms with Crippen molar-refractivity contribution in [2.75, 3.05) is 11.9 Å². The molecule has 0 bridgehead atoms. The van der Waals surface area contributed by atoms with E-state index in [9.17, 15) is 4.79 Å². The Morgan fingerprint density at radius 3 is 2.82 bits per heavy atom. The molecule has 0 radical (unpaired) electrons. The second-order valence-corrected chi connectivity index (χ2v) is 4.44. The van der Waals surface area contributed by atoms with Crippen molar-refractivity contribution >= 4 is 23.3 Å². The Labute approximate surface area is 106 Å². The van der Waals surface area contributed by atoms with Crippen molar-refractivity contribution in [2.45, 2.75) is 32.6 Å². The molecule has 6 heteroatoms. The van der Waals surface area contributed by atoms with Crippen molar-refractivity contribution in [3.63, 3.8) is 0 Å². The number of nitrogens with one attached hydrogen (secondary N) is 1. The Kier molecular flexibility index (Phi) is 5.15. The number of amides is 1. The summed E-state index contributed by atoms with van der Waals surface area (Å²) in [7, 11) is 0. The van der Waals surface area contributed by atoms with Gasteiger partial charge < -0.3 is 11.1 Å². The molecule has 0 aliphatic carbocycles. The summed E-state index contributed by atoms with van der Waals surface area (Å²) in [5.74, 6) is 0.670. The number of carbonyl (C=O) groups excluding carboxylic acids is 1. The van der Waals surface area contributed by atoms with E-state index in [1.165, 1.54) is 6.33 Å². The molecule has 0 aliphatic heterocycles. The van der Waals surface area contributed by atoms with Crippen LogP contribution in [0.1, 0.15) is 38.2 Å². The van der Waals surface area contributed by atoms with E-state index in [-0.39, 0.29) is 11.8 Å². The average molecular weight is 257 g/mol. The van der Waals surface area contributed by atoms with Crippen LogP contribution in [0.5, 0.6) is 0 Å². The van der Waals surface area contributed by atoms with E-state index in [2.05, 4.69) is 15.3 Å². The SMILES string of the molecule is CC(C)c1c(Cl)ncnc1NCCCC(N)=O. The van der Waals surface area contributed by atoms with Gasteiger partial charge in [-0.05, 0) is 12.3 Å². The van der Waals surface area contributed by atoms with Crippen molar-refractivity contribution in [3.8, 4) is 0 Å². The van der Waals surface area contributed by atoms with Gasteiger partial charge in [0.25, 0.3) is 0 Å². The molecule has 0 saturated carbocycles. The van der Waals surface area contributed by atoms with E-state index in [0.717, 1.165) is 11.4 Å². The van der Waals surface area contributed by atoms with Crippen molar-refractivity contribution in [3.05, 3.63) is 17.0 Å². The average Bonchev–Trinajstić information content (AvgIpc) is 2.23. The minimum absolute atomic E-state index is 0.238. The fraction of sp³-hybridized carbons (Fsp3) is 0.545. The first-order chi connectivity index (χ1) is 8.02. The molecular formula is C11H17ClN4O. The van der Waals surface area contributed by atoms with Crippen LogP contribution in [0.4, 0.5) is 5.82 Å². The van der Waals surface area contributed by atoms with Crippen LogP contribution in [0, 0.1) is 0 Å². The Morgan fingerprint density at radius 1 is 1.53 bits per heavy atom. The predicted octanol–water partition coefficient (Wildman–Crippen LogP) is 1.93. The Morgan fingerprint density at radius 2 is 2.24 bits per heavy atom. The third kappa shape index (κ3) is 4.19. The van der Waals surface area contributed by atoms with E-state index in [1.807, 2.05) is 13.8 Å². The molecule has 17 heavy (non-hydrogen) atoms. The first-order valence-electron chi connectivity index (χ1n) is 5.55. The molecule has 1 heterocycles. The van der Waals surface area contributed by atoms with Gasteiger partial charge in [-0.15, -0.1) is 0 Å². The number of nitrogens with two attached hydrogens (primary N) is 1. The molecule has 3 N–H and O–H groups in total. The maximum atomic E-state index is 10.6. The van der Waals surface area contributed by atoms with Crippen LogP contribution in [-0.4, -0.2) is 22.4 Å². The summed E-state index contributed by atoms with van der Waals surface area (Å²) in [6.45, 7) is 4.69. The topological polar surface area (TPSA) is 80.9 Å². The highest BCUT2D eigenvalue weighted by Gasteiger charge is 2.12. The molecule has 1 aromatic heterocycles. The van der Waals surface area contributed by atoms with E-state index < -0.39 is 0 Å². The highest BCUT2D eigenvalue weighted by Crippen LogP contribution is 2.27. The quantitative estimate of drug-likeness (QED) is 0.602. The van der Waals surface area contributed by atoms with Gasteiger partial charge >= 0.3 is 0 Å². The van der Waals surface area contributed by atoms with E-state index >= 15 is 0 Å². The van der Waals surface area contributed by atoms with Gasteiger partial charge in [0, 0.05) is 18.5 Å². The van der Waals surface area contributed by atoms with Crippen LogP contribution in [0.15, 0.2) is 6.33 Å². The predicted molar refractivity (Wildman–Crippen MR) is 68.0 cm³/mol. The van der Waals surface area contributed by atoms with E-state index in [4.69, 9.17) is 17.3 Å². The lowest BCUT2D eigenvalue weighted by molar-refractivity contribution is -0.118. The number of anilines is 1. The Hall–Kier alpha value is -1.36. The van der Waals surface area contributed by atoms with Gasteiger partial charge in [-0.25, -0.2) is 9.97 Å². The van der Waals surface area contributed by atoms with Crippen molar-refractivity contribution in [1.29, 1.82) is 0 Å². The lowest BCUT2D eigenvalue weighted by atomic mass is 10.1. The third-order valence-electron chi connectivity index (χ3n) is 2.31. The summed E-state index contributed by atoms with van der Waals surface area (Å²) >= 11 is 6.02. The summed E-state index contributed by atoms with van der Waals surface area (Å²) in [5, 5.41) is 3.61. The van der Waals surface area contributed by atoms with Crippen molar-refractivity contribution in [1.82, 2.24) is 9.97 Å². The van der Waals surface area contributed by atoms with Crippen LogP contribution in [0.25, 0.3) is 0 Å². The Bertz CT molecular complexity index is 395. The van der Waals surface area contributed by atoms with Crippen LogP contribution in [0.2, 0.25) is 5.15 Å². The Balaban J connectivity index is 2.64. The molecule has 1 amide bonds. The number of hydrogen-bond acceptors (Lipinski definition) is 4. The molecule has 0 spiro atoms. The van der Waals surface area contributed by atoms with E-state index in [1.54, 1.807) is 0 Å². The maximum Gasteiger partial charge on any atom is 0.217 e. The fourth-order valence-electron chi connectivity index (χ4n) is 1.50. The molecule has 0 aliphatic rings. The molecular weight excluding hydrogens is 240 g/mol. The largest absolute Gasteiger partial charge is 0.370 e. The third-order valence-corrected chi connectivity index (χ3v) is 2.61. The number of carbonyl (C=O) groups is 1. The number of primary amides is 1. The first-order valence-corrected chi connectivity index (χ1v) is 5.92. The van der Waals surface area contributed by atoms with Crippen LogP contribution >= 0.6 is 11.6 Å². The van der Waals surface area contributed by atoms with Crippen molar-refractivity contribution in [2.24, 2.45) is 5.73 Å². The number of hydrogen-bond donors (Lipinski definition) is 2. The molecule has 0 atom stereocenters. The lowest BCUT2D eigenvalue weighted by Crippen LogP contribution is -2.14. The molecule has 1 aromatic rings. The molecule has 94 valence electrons. The van der Waals surface area contributed by atoms with Gasteiger partial charge in [0.1, 0.15) is 17.3 Å². The summed E-state index contributed by atoms with van der Waals surface area (Å²) in [5.41, 5.74) is 5.96. The number of rotatable bonds is 6. The van der Waals surface area contributed by atoms with Crippen molar-refractivity contribution < 1.29 is 4.79 Å². The normalized spacial score (nSPS) is 10.6. The fourth-order valence-corrected chi connectivity index (χ4v) is 1.85.